The molecule has 0 saturated heterocycles. The van der Waals surface area contributed by atoms with Gasteiger partial charge in [0.2, 0.25) is 0 Å². The van der Waals surface area contributed by atoms with Crippen molar-refractivity contribution in [3.63, 3.8) is 0 Å². The van der Waals surface area contributed by atoms with Crippen molar-refractivity contribution in [2.45, 2.75) is 39.0 Å². The maximum absolute atomic E-state index is 11.2. The molecule has 1 unspecified atom stereocenters. The number of rotatable bonds is 3. The summed E-state index contributed by atoms with van der Waals surface area (Å²) >= 11 is 0. The van der Waals surface area contributed by atoms with E-state index in [2.05, 4.69) is 6.58 Å². The van der Waals surface area contributed by atoms with Gasteiger partial charge in [0, 0.05) is 12.3 Å². The summed E-state index contributed by atoms with van der Waals surface area (Å²) in [7, 11) is 0. The fourth-order valence-corrected chi connectivity index (χ4v) is 1.61. The molecule has 1 aliphatic carbocycles. The summed E-state index contributed by atoms with van der Waals surface area (Å²) in [6.07, 6.45) is 5.11. The van der Waals surface area contributed by atoms with Crippen LogP contribution in [0.2, 0.25) is 0 Å². The fourth-order valence-electron chi connectivity index (χ4n) is 1.61. The molecule has 0 amide bonds. The van der Waals surface area contributed by atoms with Gasteiger partial charge in [-0.05, 0) is 32.6 Å². The van der Waals surface area contributed by atoms with Gasteiger partial charge in [-0.3, -0.25) is 4.79 Å². The average molecular weight is 152 g/mol. The number of hydrogen-bond donors (Lipinski definition) is 0. The van der Waals surface area contributed by atoms with E-state index in [0.717, 1.165) is 32.1 Å². The fraction of sp³-hybridized carbons (Fsp3) is 0.700. The van der Waals surface area contributed by atoms with Crippen LogP contribution >= 0.6 is 0 Å². The first-order valence-corrected chi connectivity index (χ1v) is 4.37. The van der Waals surface area contributed by atoms with E-state index < -0.39 is 0 Å². The van der Waals surface area contributed by atoms with Crippen LogP contribution in [0.15, 0.2) is 12.2 Å². The largest absolute Gasteiger partial charge is 0.299 e. The van der Waals surface area contributed by atoms with Gasteiger partial charge in [-0.2, -0.15) is 0 Å². The number of hydrogen-bond acceptors (Lipinski definition) is 1. The minimum Gasteiger partial charge on any atom is -0.299 e. The molecule has 0 spiro atoms. The van der Waals surface area contributed by atoms with E-state index in [9.17, 15) is 4.79 Å². The van der Waals surface area contributed by atoms with Gasteiger partial charge in [-0.1, -0.05) is 5.57 Å². The Bertz CT molecular complexity index is 170. The van der Waals surface area contributed by atoms with Crippen molar-refractivity contribution in [3.8, 4) is 0 Å². The third kappa shape index (κ3) is 2.49. The van der Waals surface area contributed by atoms with Gasteiger partial charge in [0.25, 0.3) is 0 Å². The molecule has 1 fully saturated rings. The van der Waals surface area contributed by atoms with Crippen LogP contribution in [-0.2, 0) is 4.79 Å². The van der Waals surface area contributed by atoms with Crippen LogP contribution in [0.5, 0.6) is 0 Å². The minimum absolute atomic E-state index is 0.367. The molecule has 0 N–H and O–H groups in total. The third-order valence-corrected chi connectivity index (χ3v) is 2.35. The van der Waals surface area contributed by atoms with Gasteiger partial charge in [0.15, 0.2) is 0 Å². The van der Waals surface area contributed by atoms with E-state index in [4.69, 9.17) is 0 Å². The number of allylic oxidation sites excluding steroid dienone is 1. The van der Waals surface area contributed by atoms with Crippen molar-refractivity contribution in [1.82, 2.24) is 0 Å². The highest BCUT2D eigenvalue weighted by Crippen LogP contribution is 2.26. The minimum atomic E-state index is 0.367. The molecule has 0 bridgehead atoms. The van der Waals surface area contributed by atoms with Crippen LogP contribution in [0.25, 0.3) is 0 Å². The van der Waals surface area contributed by atoms with Crippen molar-refractivity contribution in [1.29, 1.82) is 0 Å². The summed E-state index contributed by atoms with van der Waals surface area (Å²) in [5, 5.41) is 0. The lowest BCUT2D eigenvalue weighted by Crippen LogP contribution is -2.05. The van der Waals surface area contributed by atoms with Crippen molar-refractivity contribution in [3.05, 3.63) is 12.2 Å². The van der Waals surface area contributed by atoms with Crippen molar-refractivity contribution in [2.75, 3.05) is 0 Å². The van der Waals surface area contributed by atoms with Crippen LogP contribution in [0.4, 0.5) is 0 Å². The highest BCUT2D eigenvalue weighted by Gasteiger charge is 2.23. The molecule has 1 nitrogen and oxygen atoms in total. The van der Waals surface area contributed by atoms with E-state index in [1.165, 1.54) is 5.57 Å². The molecule has 11 heavy (non-hydrogen) atoms. The first kappa shape index (κ1) is 8.51. The maximum atomic E-state index is 11.2. The van der Waals surface area contributed by atoms with E-state index in [-0.39, 0.29) is 0 Å². The molecular formula is C10H16O. The molecule has 0 aromatic rings. The second-order valence-electron chi connectivity index (χ2n) is 3.55. The molecule has 1 rings (SSSR count). The molecule has 1 saturated carbocycles. The van der Waals surface area contributed by atoms with Gasteiger partial charge in [0.05, 0.1) is 0 Å². The predicted molar refractivity (Wildman–Crippen MR) is 46.4 cm³/mol. The third-order valence-electron chi connectivity index (χ3n) is 2.35. The Hall–Kier alpha value is -0.590. The predicted octanol–water partition coefficient (Wildman–Crippen LogP) is 2.71. The average Bonchev–Trinajstić information content (AvgIpc) is 2.31. The van der Waals surface area contributed by atoms with Gasteiger partial charge in [0.1, 0.15) is 5.78 Å². The smallest absolute Gasteiger partial charge is 0.135 e. The Morgan fingerprint density at radius 2 is 2.45 bits per heavy atom. The van der Waals surface area contributed by atoms with E-state index in [1.807, 2.05) is 6.92 Å². The van der Waals surface area contributed by atoms with Gasteiger partial charge < -0.3 is 0 Å². The van der Waals surface area contributed by atoms with Crippen molar-refractivity contribution >= 4 is 5.78 Å². The first-order chi connectivity index (χ1) is 5.20. The topological polar surface area (TPSA) is 17.1 Å². The zero-order chi connectivity index (χ0) is 8.27. The molecule has 0 aromatic carbocycles. The second kappa shape index (κ2) is 3.70. The van der Waals surface area contributed by atoms with Crippen LogP contribution in [0.3, 0.4) is 0 Å². The number of ketones is 1. The van der Waals surface area contributed by atoms with Gasteiger partial charge >= 0.3 is 0 Å². The lowest BCUT2D eigenvalue weighted by Gasteiger charge is -2.05. The Morgan fingerprint density at radius 1 is 1.73 bits per heavy atom. The normalized spacial score (nSPS) is 24.1. The van der Waals surface area contributed by atoms with E-state index in [0.29, 0.717) is 11.7 Å². The molecule has 0 aromatic heterocycles. The molecule has 62 valence electrons. The molecular weight excluding hydrogens is 136 g/mol. The van der Waals surface area contributed by atoms with Gasteiger partial charge in [-0.25, -0.2) is 0 Å². The Kier molecular flexibility index (Phi) is 2.86. The summed E-state index contributed by atoms with van der Waals surface area (Å²) in [6.45, 7) is 5.86. The van der Waals surface area contributed by atoms with Crippen LogP contribution in [0, 0.1) is 5.92 Å². The lowest BCUT2D eigenvalue weighted by molar-refractivity contribution is -0.120. The maximum Gasteiger partial charge on any atom is 0.135 e. The summed E-state index contributed by atoms with van der Waals surface area (Å²) < 4.78 is 0. The highest BCUT2D eigenvalue weighted by atomic mass is 16.1. The summed E-state index contributed by atoms with van der Waals surface area (Å²) in [5.74, 6) is 0.845. The molecule has 0 aliphatic heterocycles. The second-order valence-corrected chi connectivity index (χ2v) is 3.55. The molecule has 1 atom stereocenters. The number of carbonyl (C=O) groups excluding carboxylic acids is 1. The zero-order valence-corrected chi connectivity index (χ0v) is 7.23. The Morgan fingerprint density at radius 3 is 2.91 bits per heavy atom. The lowest BCUT2D eigenvalue weighted by atomic mass is 9.99. The Labute approximate surface area is 68.5 Å². The highest BCUT2D eigenvalue weighted by molar-refractivity contribution is 5.82. The Balaban J connectivity index is 2.26. The summed E-state index contributed by atoms with van der Waals surface area (Å²) in [5.41, 5.74) is 1.20. The van der Waals surface area contributed by atoms with Crippen LogP contribution < -0.4 is 0 Å². The van der Waals surface area contributed by atoms with Crippen LogP contribution in [-0.4, -0.2) is 5.78 Å². The quantitative estimate of drug-likeness (QED) is 0.568. The first-order valence-electron chi connectivity index (χ1n) is 4.37. The van der Waals surface area contributed by atoms with E-state index >= 15 is 0 Å². The SMILES string of the molecule is C=C(C)CCC1CCCC1=O. The van der Waals surface area contributed by atoms with Gasteiger partial charge in [-0.15, -0.1) is 6.58 Å². The van der Waals surface area contributed by atoms with Crippen LogP contribution in [0.1, 0.15) is 39.0 Å². The summed E-state index contributed by atoms with van der Waals surface area (Å²) in [4.78, 5) is 11.2. The molecule has 1 aliphatic rings. The van der Waals surface area contributed by atoms with Crippen molar-refractivity contribution in [2.24, 2.45) is 5.92 Å². The van der Waals surface area contributed by atoms with E-state index in [1.54, 1.807) is 0 Å². The molecule has 0 heterocycles. The van der Waals surface area contributed by atoms with Crippen molar-refractivity contribution < 1.29 is 4.79 Å². The standard InChI is InChI=1S/C10H16O/c1-8(2)6-7-9-4-3-5-10(9)11/h9H,1,3-7H2,2H3. The number of carbonyl (C=O) groups is 1. The summed E-state index contributed by atoms with van der Waals surface area (Å²) in [6, 6.07) is 0. The number of Topliss-reactive ketones (excluding diaryl/α,β-unsaturated/α-hetero) is 1. The molecule has 0 radical (unpaired) electrons. The zero-order valence-electron chi connectivity index (χ0n) is 7.23. The monoisotopic (exact) mass is 152 g/mol. The molecule has 1 heteroatoms.